The van der Waals surface area contributed by atoms with Crippen molar-refractivity contribution in [1.29, 1.82) is 0 Å². The number of likely N-dealkylation sites (tertiary alicyclic amines) is 1. The van der Waals surface area contributed by atoms with Gasteiger partial charge in [0, 0.05) is 32.0 Å². The van der Waals surface area contributed by atoms with Crippen molar-refractivity contribution >= 4 is 15.9 Å². The molecule has 2 fully saturated rings. The van der Waals surface area contributed by atoms with Crippen molar-refractivity contribution in [1.82, 2.24) is 14.2 Å². The molecule has 0 aliphatic carbocycles. The van der Waals surface area contributed by atoms with Gasteiger partial charge in [-0.2, -0.15) is 4.31 Å². The van der Waals surface area contributed by atoms with Crippen LogP contribution in [0.4, 0.5) is 0 Å². The molecule has 23 heavy (non-hydrogen) atoms. The number of carbonyl (C=O) groups is 1. The third kappa shape index (κ3) is 3.39. The molecule has 126 valence electrons. The van der Waals surface area contributed by atoms with Crippen LogP contribution >= 0.6 is 0 Å². The lowest BCUT2D eigenvalue weighted by molar-refractivity contribution is -0.0704. The summed E-state index contributed by atoms with van der Waals surface area (Å²) in [5.41, 5.74) is 1.45. The van der Waals surface area contributed by atoms with E-state index in [0.29, 0.717) is 38.2 Å². The Kier molecular flexibility index (Phi) is 4.39. The quantitative estimate of drug-likeness (QED) is 0.772. The van der Waals surface area contributed by atoms with E-state index in [2.05, 4.69) is 4.98 Å². The first kappa shape index (κ1) is 16.4. The Labute approximate surface area is 136 Å². The standard InChI is InChI=1S/C15H21N3O4S/c1-11-7-12(9-16-8-11)15(19)17-4-3-14-13(10-17)18(5-6-22-14)23(2,20)21/h7-9,13-14H,3-6,10H2,1-2H3/t13-,14-/m0/s1. The van der Waals surface area contributed by atoms with Gasteiger partial charge in [-0.3, -0.25) is 9.78 Å². The van der Waals surface area contributed by atoms with Crippen molar-refractivity contribution in [2.45, 2.75) is 25.5 Å². The molecule has 3 heterocycles. The first-order valence-electron chi connectivity index (χ1n) is 7.65. The minimum atomic E-state index is -3.31. The van der Waals surface area contributed by atoms with Gasteiger partial charge in [0.15, 0.2) is 0 Å². The topological polar surface area (TPSA) is 79.8 Å². The molecule has 0 spiro atoms. The first-order chi connectivity index (χ1) is 10.9. The third-order valence-corrected chi connectivity index (χ3v) is 5.67. The van der Waals surface area contributed by atoms with Gasteiger partial charge in [0.1, 0.15) is 0 Å². The van der Waals surface area contributed by atoms with E-state index in [1.165, 1.54) is 10.6 Å². The molecule has 0 aromatic carbocycles. The van der Waals surface area contributed by atoms with E-state index in [4.69, 9.17) is 4.74 Å². The van der Waals surface area contributed by atoms with E-state index in [1.54, 1.807) is 23.4 Å². The Balaban J connectivity index is 1.80. The van der Waals surface area contributed by atoms with Crippen LogP contribution in [0, 0.1) is 6.92 Å². The van der Waals surface area contributed by atoms with Gasteiger partial charge < -0.3 is 9.64 Å². The molecule has 1 aromatic rings. The molecule has 0 bridgehead atoms. The molecule has 2 saturated heterocycles. The smallest absolute Gasteiger partial charge is 0.255 e. The molecule has 2 aliphatic rings. The second kappa shape index (κ2) is 6.18. The molecule has 0 N–H and O–H groups in total. The molecule has 2 aliphatic heterocycles. The lowest BCUT2D eigenvalue weighted by Crippen LogP contribution is -2.61. The van der Waals surface area contributed by atoms with E-state index in [9.17, 15) is 13.2 Å². The Hall–Kier alpha value is -1.51. The van der Waals surface area contributed by atoms with Gasteiger partial charge in [0.25, 0.3) is 5.91 Å². The summed E-state index contributed by atoms with van der Waals surface area (Å²) in [7, 11) is -3.31. The summed E-state index contributed by atoms with van der Waals surface area (Å²) in [6.07, 6.45) is 4.96. The molecular weight excluding hydrogens is 318 g/mol. The molecule has 2 atom stereocenters. The summed E-state index contributed by atoms with van der Waals surface area (Å²) >= 11 is 0. The monoisotopic (exact) mass is 339 g/mol. The maximum atomic E-state index is 12.7. The van der Waals surface area contributed by atoms with Crippen LogP contribution in [-0.2, 0) is 14.8 Å². The van der Waals surface area contributed by atoms with Crippen LogP contribution in [0.2, 0.25) is 0 Å². The first-order valence-corrected chi connectivity index (χ1v) is 9.50. The highest BCUT2D eigenvalue weighted by Crippen LogP contribution is 2.25. The summed E-state index contributed by atoms with van der Waals surface area (Å²) in [5, 5.41) is 0. The van der Waals surface area contributed by atoms with Crippen molar-refractivity contribution in [2.24, 2.45) is 0 Å². The Morgan fingerprint density at radius 1 is 1.35 bits per heavy atom. The number of nitrogens with zero attached hydrogens (tertiary/aromatic N) is 3. The highest BCUT2D eigenvalue weighted by Gasteiger charge is 2.42. The van der Waals surface area contributed by atoms with Crippen molar-refractivity contribution < 1.29 is 17.9 Å². The minimum Gasteiger partial charge on any atom is -0.375 e. The van der Waals surface area contributed by atoms with E-state index in [-0.39, 0.29) is 18.1 Å². The van der Waals surface area contributed by atoms with Crippen LogP contribution in [0.1, 0.15) is 22.3 Å². The SMILES string of the molecule is Cc1cncc(C(=O)N2CC[C@@H]3OCCN(S(C)(=O)=O)[C@H]3C2)c1. The summed E-state index contributed by atoms with van der Waals surface area (Å²) in [6.45, 7) is 3.55. The third-order valence-electron chi connectivity index (χ3n) is 4.37. The largest absolute Gasteiger partial charge is 0.375 e. The molecule has 3 rings (SSSR count). The Bertz CT molecular complexity index is 706. The van der Waals surface area contributed by atoms with Crippen molar-refractivity contribution in [2.75, 3.05) is 32.5 Å². The number of sulfonamides is 1. The molecular formula is C15H21N3O4S. The number of rotatable bonds is 2. The molecule has 1 amide bonds. The van der Waals surface area contributed by atoms with Gasteiger partial charge in [-0.25, -0.2) is 8.42 Å². The number of fused-ring (bicyclic) bond motifs is 1. The number of piperidine rings is 1. The van der Waals surface area contributed by atoms with E-state index in [1.807, 2.05) is 6.92 Å². The van der Waals surface area contributed by atoms with E-state index >= 15 is 0 Å². The van der Waals surface area contributed by atoms with Crippen LogP contribution in [-0.4, -0.2) is 73.2 Å². The van der Waals surface area contributed by atoms with Gasteiger partial charge in [-0.1, -0.05) is 0 Å². The predicted molar refractivity (Wildman–Crippen MR) is 84.6 cm³/mol. The fourth-order valence-corrected chi connectivity index (χ4v) is 4.39. The zero-order valence-electron chi connectivity index (χ0n) is 13.3. The normalized spacial score (nSPS) is 25.9. The summed E-state index contributed by atoms with van der Waals surface area (Å²) in [4.78, 5) is 18.4. The average molecular weight is 339 g/mol. The summed E-state index contributed by atoms with van der Waals surface area (Å²) in [5.74, 6) is -0.112. The van der Waals surface area contributed by atoms with Crippen molar-refractivity contribution in [3.05, 3.63) is 29.6 Å². The summed E-state index contributed by atoms with van der Waals surface area (Å²) < 4.78 is 31.1. The molecule has 7 nitrogen and oxygen atoms in total. The van der Waals surface area contributed by atoms with E-state index in [0.717, 1.165) is 5.56 Å². The van der Waals surface area contributed by atoms with Crippen LogP contribution < -0.4 is 0 Å². The van der Waals surface area contributed by atoms with Gasteiger partial charge >= 0.3 is 0 Å². The molecule has 0 radical (unpaired) electrons. The molecule has 0 saturated carbocycles. The number of hydrogen-bond donors (Lipinski definition) is 0. The number of carbonyl (C=O) groups excluding carboxylic acids is 1. The van der Waals surface area contributed by atoms with Gasteiger partial charge in [0.05, 0.1) is 30.6 Å². The van der Waals surface area contributed by atoms with E-state index < -0.39 is 10.0 Å². The molecule has 8 heteroatoms. The summed E-state index contributed by atoms with van der Waals surface area (Å²) in [6, 6.07) is 1.49. The Morgan fingerprint density at radius 3 is 2.83 bits per heavy atom. The Morgan fingerprint density at radius 2 is 2.13 bits per heavy atom. The predicted octanol–water partition coefficient (Wildman–Crippen LogP) is 0.265. The van der Waals surface area contributed by atoms with Crippen molar-refractivity contribution in [3.8, 4) is 0 Å². The van der Waals surface area contributed by atoms with Gasteiger partial charge in [0.2, 0.25) is 10.0 Å². The zero-order valence-corrected chi connectivity index (χ0v) is 14.1. The van der Waals surface area contributed by atoms with Crippen LogP contribution in [0.15, 0.2) is 18.5 Å². The van der Waals surface area contributed by atoms with Crippen molar-refractivity contribution in [3.63, 3.8) is 0 Å². The number of aryl methyl sites for hydroxylation is 1. The van der Waals surface area contributed by atoms with Crippen LogP contribution in [0.25, 0.3) is 0 Å². The second-order valence-corrected chi connectivity index (χ2v) is 8.08. The molecule has 1 aromatic heterocycles. The highest BCUT2D eigenvalue weighted by atomic mass is 32.2. The highest BCUT2D eigenvalue weighted by molar-refractivity contribution is 7.88. The number of ether oxygens (including phenoxy) is 1. The fourth-order valence-electron chi connectivity index (χ4n) is 3.29. The number of pyridine rings is 1. The maximum Gasteiger partial charge on any atom is 0.255 e. The number of morpholine rings is 1. The number of amides is 1. The maximum absolute atomic E-state index is 12.7. The number of hydrogen-bond acceptors (Lipinski definition) is 5. The van der Waals surface area contributed by atoms with Crippen LogP contribution in [0.3, 0.4) is 0 Å². The average Bonchev–Trinajstić information content (AvgIpc) is 2.52. The van der Waals surface area contributed by atoms with Crippen LogP contribution in [0.5, 0.6) is 0 Å². The fraction of sp³-hybridized carbons (Fsp3) is 0.600. The number of aromatic nitrogens is 1. The second-order valence-electron chi connectivity index (χ2n) is 6.14. The lowest BCUT2D eigenvalue weighted by atomic mass is 10.00. The minimum absolute atomic E-state index is 0.112. The van der Waals surface area contributed by atoms with Gasteiger partial charge in [-0.15, -0.1) is 0 Å². The lowest BCUT2D eigenvalue weighted by Gasteiger charge is -2.45. The van der Waals surface area contributed by atoms with Gasteiger partial charge in [-0.05, 0) is 25.0 Å². The molecule has 0 unspecified atom stereocenters. The zero-order chi connectivity index (χ0) is 16.6.